The van der Waals surface area contributed by atoms with Crippen molar-refractivity contribution in [3.63, 3.8) is 0 Å². The number of amides is 1. The van der Waals surface area contributed by atoms with Gasteiger partial charge in [0, 0.05) is 25.2 Å². The first-order chi connectivity index (χ1) is 12.0. The summed E-state index contributed by atoms with van der Waals surface area (Å²) in [5.74, 6) is -0.0675. The molecule has 2 atom stereocenters. The number of para-hydroxylation sites is 1. The maximum absolute atomic E-state index is 13.0. The molecule has 1 amide bonds. The molecule has 2 aliphatic heterocycles. The van der Waals surface area contributed by atoms with E-state index in [2.05, 4.69) is 15.6 Å². The van der Waals surface area contributed by atoms with Crippen LogP contribution in [-0.4, -0.2) is 51.0 Å². The first-order valence-corrected chi connectivity index (χ1v) is 9.13. The summed E-state index contributed by atoms with van der Waals surface area (Å²) < 4.78 is 1.63. The molecule has 0 radical (unpaired) electrons. The van der Waals surface area contributed by atoms with Gasteiger partial charge in [0.05, 0.1) is 16.4 Å². The molecule has 2 aromatic rings. The van der Waals surface area contributed by atoms with E-state index in [1.807, 2.05) is 37.1 Å². The third-order valence-electron chi connectivity index (χ3n) is 5.49. The second-order valence-corrected chi connectivity index (χ2v) is 7.47. The third-order valence-corrected chi connectivity index (χ3v) is 5.81. The molecule has 2 aliphatic rings. The number of piperidine rings is 1. The number of nitrogens with one attached hydrogen (secondary N) is 1. The van der Waals surface area contributed by atoms with Crippen LogP contribution in [0.25, 0.3) is 5.69 Å². The Balaban J connectivity index is 1.58. The van der Waals surface area contributed by atoms with E-state index in [4.69, 9.17) is 11.6 Å². The summed E-state index contributed by atoms with van der Waals surface area (Å²) in [5, 5.41) is 12.5. The number of halogens is 1. The van der Waals surface area contributed by atoms with Crippen molar-refractivity contribution in [3.8, 4) is 5.69 Å². The summed E-state index contributed by atoms with van der Waals surface area (Å²) >= 11 is 6.25. The SMILES string of the molecule is Cc1c(C(=O)N(C)C2CC3CCC(C2)N3)nnn1-c1ccccc1Cl. The molecule has 3 heterocycles. The fourth-order valence-corrected chi connectivity index (χ4v) is 4.27. The molecule has 1 aromatic carbocycles. The molecule has 25 heavy (non-hydrogen) atoms. The lowest BCUT2D eigenvalue weighted by molar-refractivity contribution is 0.0675. The average Bonchev–Trinajstić information content (AvgIpc) is 3.16. The Hall–Kier alpha value is -1.92. The van der Waals surface area contributed by atoms with E-state index in [0.29, 0.717) is 28.5 Å². The molecule has 2 unspecified atom stereocenters. The molecule has 2 saturated heterocycles. The van der Waals surface area contributed by atoms with Crippen LogP contribution in [0.3, 0.4) is 0 Å². The average molecular weight is 360 g/mol. The molecular weight excluding hydrogens is 338 g/mol. The molecule has 0 spiro atoms. The molecule has 132 valence electrons. The minimum Gasteiger partial charge on any atom is -0.337 e. The van der Waals surface area contributed by atoms with Crippen molar-refractivity contribution in [1.29, 1.82) is 0 Å². The Labute approximate surface area is 152 Å². The van der Waals surface area contributed by atoms with Gasteiger partial charge in [-0.1, -0.05) is 28.9 Å². The summed E-state index contributed by atoms with van der Waals surface area (Å²) in [7, 11) is 1.88. The molecule has 2 fully saturated rings. The third kappa shape index (κ3) is 2.93. The zero-order valence-corrected chi connectivity index (χ0v) is 15.2. The molecule has 6 nitrogen and oxygen atoms in total. The van der Waals surface area contributed by atoms with E-state index < -0.39 is 0 Å². The molecule has 1 N–H and O–H groups in total. The van der Waals surface area contributed by atoms with Crippen molar-refractivity contribution in [2.45, 2.75) is 50.7 Å². The molecule has 0 saturated carbocycles. The Morgan fingerprint density at radius 3 is 2.64 bits per heavy atom. The van der Waals surface area contributed by atoms with Crippen LogP contribution >= 0.6 is 11.6 Å². The molecule has 1 aromatic heterocycles. The van der Waals surface area contributed by atoms with Gasteiger partial charge in [0.25, 0.3) is 5.91 Å². The van der Waals surface area contributed by atoms with Crippen LogP contribution in [-0.2, 0) is 0 Å². The van der Waals surface area contributed by atoms with Crippen LogP contribution in [0.4, 0.5) is 0 Å². The van der Waals surface area contributed by atoms with E-state index in [1.165, 1.54) is 12.8 Å². The van der Waals surface area contributed by atoms with Crippen molar-refractivity contribution < 1.29 is 4.79 Å². The predicted octanol–water partition coefficient (Wildman–Crippen LogP) is 2.58. The molecule has 4 rings (SSSR count). The molecular formula is C18H22ClN5O. The highest BCUT2D eigenvalue weighted by atomic mass is 35.5. The van der Waals surface area contributed by atoms with Crippen molar-refractivity contribution in [2.24, 2.45) is 0 Å². The fourth-order valence-electron chi connectivity index (χ4n) is 4.06. The van der Waals surface area contributed by atoms with Crippen LogP contribution in [0.2, 0.25) is 5.02 Å². The smallest absolute Gasteiger partial charge is 0.276 e. The van der Waals surface area contributed by atoms with Gasteiger partial charge in [-0.05, 0) is 44.7 Å². The Morgan fingerprint density at radius 2 is 1.96 bits per heavy atom. The van der Waals surface area contributed by atoms with Crippen LogP contribution in [0, 0.1) is 6.92 Å². The number of benzene rings is 1. The van der Waals surface area contributed by atoms with Gasteiger partial charge in [0.1, 0.15) is 0 Å². The van der Waals surface area contributed by atoms with Crippen molar-refractivity contribution in [3.05, 3.63) is 40.7 Å². The van der Waals surface area contributed by atoms with Gasteiger partial charge in [-0.25, -0.2) is 4.68 Å². The van der Waals surface area contributed by atoms with E-state index in [1.54, 1.807) is 10.7 Å². The normalized spacial score (nSPS) is 25.2. The van der Waals surface area contributed by atoms with Crippen LogP contribution in [0.1, 0.15) is 41.9 Å². The second kappa shape index (κ2) is 6.42. The zero-order chi connectivity index (χ0) is 17.6. The highest BCUT2D eigenvalue weighted by Gasteiger charge is 2.37. The van der Waals surface area contributed by atoms with Gasteiger partial charge in [0.15, 0.2) is 5.69 Å². The van der Waals surface area contributed by atoms with E-state index >= 15 is 0 Å². The lowest BCUT2D eigenvalue weighted by Gasteiger charge is -2.35. The van der Waals surface area contributed by atoms with E-state index in [0.717, 1.165) is 18.5 Å². The fraction of sp³-hybridized carbons (Fsp3) is 0.500. The first-order valence-electron chi connectivity index (χ1n) is 8.75. The Kier molecular flexibility index (Phi) is 4.25. The number of hydrogen-bond donors (Lipinski definition) is 1. The molecule has 7 heteroatoms. The summed E-state index contributed by atoms with van der Waals surface area (Å²) in [6.07, 6.45) is 4.45. The second-order valence-electron chi connectivity index (χ2n) is 7.07. The number of carbonyl (C=O) groups excluding carboxylic acids is 1. The van der Waals surface area contributed by atoms with Gasteiger partial charge in [0.2, 0.25) is 0 Å². The summed E-state index contributed by atoms with van der Waals surface area (Å²) in [6.45, 7) is 1.86. The van der Waals surface area contributed by atoms with Gasteiger partial charge in [-0.15, -0.1) is 5.10 Å². The van der Waals surface area contributed by atoms with Gasteiger partial charge < -0.3 is 10.2 Å². The van der Waals surface area contributed by atoms with Crippen molar-refractivity contribution in [2.75, 3.05) is 7.05 Å². The largest absolute Gasteiger partial charge is 0.337 e. The minimum absolute atomic E-state index is 0.0675. The summed E-state index contributed by atoms with van der Waals surface area (Å²) in [5.41, 5.74) is 1.84. The monoisotopic (exact) mass is 359 g/mol. The van der Waals surface area contributed by atoms with E-state index in [-0.39, 0.29) is 11.9 Å². The standard InChI is InChI=1S/C18H22ClN5O/c1-11-17(21-22-24(11)16-6-4-3-5-15(16)19)18(25)23(2)14-9-12-7-8-13(10-14)20-12/h3-6,12-14,20H,7-10H2,1-2H3. The van der Waals surface area contributed by atoms with Crippen molar-refractivity contribution >= 4 is 17.5 Å². The van der Waals surface area contributed by atoms with Crippen LogP contribution < -0.4 is 5.32 Å². The molecule has 2 bridgehead atoms. The lowest BCUT2D eigenvalue weighted by Crippen LogP contribution is -2.48. The lowest BCUT2D eigenvalue weighted by atomic mass is 9.98. The Bertz CT molecular complexity index is 793. The van der Waals surface area contributed by atoms with Crippen molar-refractivity contribution in [1.82, 2.24) is 25.2 Å². The quantitative estimate of drug-likeness (QED) is 0.914. The Morgan fingerprint density at radius 1 is 1.28 bits per heavy atom. The molecule has 0 aliphatic carbocycles. The van der Waals surface area contributed by atoms with Crippen LogP contribution in [0.15, 0.2) is 24.3 Å². The van der Waals surface area contributed by atoms with Gasteiger partial charge in [-0.2, -0.15) is 0 Å². The number of nitrogens with zero attached hydrogens (tertiary/aromatic N) is 4. The number of fused-ring (bicyclic) bond motifs is 2. The summed E-state index contributed by atoms with van der Waals surface area (Å²) in [4.78, 5) is 14.8. The topological polar surface area (TPSA) is 63.1 Å². The van der Waals surface area contributed by atoms with Gasteiger partial charge in [-0.3, -0.25) is 4.79 Å². The van der Waals surface area contributed by atoms with E-state index in [9.17, 15) is 4.79 Å². The zero-order valence-electron chi connectivity index (χ0n) is 14.4. The maximum atomic E-state index is 13.0. The van der Waals surface area contributed by atoms with Gasteiger partial charge >= 0.3 is 0 Å². The number of rotatable bonds is 3. The van der Waals surface area contributed by atoms with Crippen LogP contribution in [0.5, 0.6) is 0 Å². The predicted molar refractivity (Wildman–Crippen MR) is 96.2 cm³/mol. The highest BCUT2D eigenvalue weighted by Crippen LogP contribution is 2.30. The minimum atomic E-state index is -0.0675. The maximum Gasteiger partial charge on any atom is 0.276 e. The first kappa shape index (κ1) is 16.5. The number of carbonyl (C=O) groups is 1. The summed E-state index contributed by atoms with van der Waals surface area (Å²) in [6, 6.07) is 8.77. The number of aromatic nitrogens is 3. The highest BCUT2D eigenvalue weighted by molar-refractivity contribution is 6.32. The number of hydrogen-bond acceptors (Lipinski definition) is 4.